The van der Waals surface area contributed by atoms with Crippen LogP contribution in [0.2, 0.25) is 0 Å². The van der Waals surface area contributed by atoms with Crippen molar-refractivity contribution in [3.63, 3.8) is 0 Å². The Bertz CT molecular complexity index is 3600. The number of nitrogens with zero attached hydrogens (tertiary/aromatic N) is 1. The number of likely N-dealkylation sites (N-methyl/N-ethyl adjacent to an activating group) is 1. The van der Waals surface area contributed by atoms with Crippen LogP contribution in [-0.2, 0) is 39.0 Å². The minimum atomic E-state index is -2.99. The standard InChI is InChI=1S/C70H106N10O10S2/c1-38(2)63(11,12)35-42(6)67(19)59(86)76-55(65(15,16)90)58(85)80(71)51(56(83)74-54(45(9)81)46(10)82)37-91-92-66(17,18)70(22,79-60(87)68(20,72-23)44(8)48-33-27-25-30-40(48)4)61(88)75-53(43(7)47-32-26-24-29-39(47)3)57(84)77-69(21,62(89)78-67)64(13,14)49-36-73-50-34-28-31-41(5)52(49)50/h24-34,36,38,42-46,51,53-55,71-73,81-82,90H,35,37H2,1-23H3,(H5-,74,75,76,77,78,79,83,84,86,87,88,89)/p+1/t42?,43?,44?,45-,46?,51+,53+,54?,55-,67+,68-,69+,70-/m1/s1/i35D2,38D,42D. The Morgan fingerprint density at radius 3 is 1.84 bits per heavy atom. The zero-order valence-corrected chi connectivity index (χ0v) is 59.9. The highest BCUT2D eigenvalue weighted by molar-refractivity contribution is 8.77. The van der Waals surface area contributed by atoms with Crippen LogP contribution < -0.4 is 37.2 Å². The number of nitrogens with one attached hydrogen (secondary N) is 9. The fourth-order valence-corrected chi connectivity index (χ4v) is 14.8. The largest absolute Gasteiger partial charge is 0.437 e. The lowest BCUT2D eigenvalue weighted by Gasteiger charge is -2.48. The molecule has 0 radical (unpaired) electrons. The lowest BCUT2D eigenvalue weighted by atomic mass is 9.66. The van der Waals surface area contributed by atoms with Crippen LogP contribution in [-0.4, -0.2) is 148 Å². The van der Waals surface area contributed by atoms with Gasteiger partial charge < -0.3 is 57.5 Å². The van der Waals surface area contributed by atoms with Crippen molar-refractivity contribution in [1.29, 1.82) is 5.53 Å². The van der Waals surface area contributed by atoms with E-state index in [4.69, 9.17) is 0 Å². The molecular formula is C70H107N10O10S2+. The SMILES string of the molecule is [2H]C(C)(C)C(C)(C)C([2H])([2H])C([2H])(C)[C@]1(C)NC(=O)[C@@](C)(C(C)(C)c2c[nH]c3cccc(C)c23)NC(=O)[C@H](C(C)c2ccccc2C)NC(=O)[C@@](C)(NC(=O)[C@](C)(NC)C(C)c2ccccc2C)C(C)(C)SSC[C@@H](C(=O)NC(C(C)O)[C@@H](C)O)[N+](=N)C(=O)[C@H](C(C)(C)O)NC1=O. The molecule has 13 atom stereocenters. The van der Waals surface area contributed by atoms with Crippen molar-refractivity contribution in [3.05, 3.63) is 106 Å². The maximum Gasteiger partial charge on any atom is 0.437 e. The van der Waals surface area contributed by atoms with Gasteiger partial charge in [0.25, 0.3) is 11.9 Å². The van der Waals surface area contributed by atoms with E-state index in [-0.39, 0.29) is 4.70 Å². The summed E-state index contributed by atoms with van der Waals surface area (Å²) >= 11 is 0. The van der Waals surface area contributed by atoms with Crippen molar-refractivity contribution >= 4 is 73.8 Å². The van der Waals surface area contributed by atoms with E-state index in [9.17, 15) is 31.1 Å². The number of aliphatic hydroxyl groups is 3. The zero-order chi connectivity index (χ0) is 73.6. The van der Waals surface area contributed by atoms with E-state index in [1.54, 1.807) is 73.0 Å². The van der Waals surface area contributed by atoms with Crippen LogP contribution in [0.1, 0.15) is 189 Å². The first-order valence-corrected chi connectivity index (χ1v) is 33.7. The first-order valence-electron chi connectivity index (χ1n) is 33.4. The van der Waals surface area contributed by atoms with Crippen LogP contribution >= 0.6 is 21.6 Å². The van der Waals surface area contributed by atoms with Gasteiger partial charge in [0, 0.05) is 39.8 Å². The highest BCUT2D eigenvalue weighted by atomic mass is 33.1. The molecule has 5 rings (SSSR count). The highest BCUT2D eigenvalue weighted by Crippen LogP contribution is 2.46. The summed E-state index contributed by atoms with van der Waals surface area (Å²) < 4.78 is 38.3. The van der Waals surface area contributed by atoms with E-state index >= 15 is 28.8 Å². The van der Waals surface area contributed by atoms with Crippen molar-refractivity contribution in [2.24, 2.45) is 17.2 Å². The Kier molecular flexibility index (Phi) is 22.0. The number of rotatable bonds is 18. The molecule has 0 saturated carbocycles. The smallest absolute Gasteiger partial charge is 0.391 e. The molecule has 1 aliphatic rings. The van der Waals surface area contributed by atoms with Gasteiger partial charge in [-0.3, -0.25) is 28.8 Å². The van der Waals surface area contributed by atoms with Crippen molar-refractivity contribution in [1.82, 2.24) is 42.2 Å². The molecule has 5 unspecified atom stereocenters. The number of carbonyl (C=O) groups is 7. The molecule has 1 fully saturated rings. The minimum Gasteiger partial charge on any atom is -0.391 e. The molecule has 92 heavy (non-hydrogen) atoms. The number of aryl methyl sites for hydroxylation is 3. The molecule has 1 aromatic heterocycles. The van der Waals surface area contributed by atoms with Gasteiger partial charge in [-0.1, -0.05) is 150 Å². The van der Waals surface area contributed by atoms with Crippen LogP contribution in [0.3, 0.4) is 0 Å². The second-order valence-electron chi connectivity index (χ2n) is 28.3. The molecule has 20 nitrogen and oxygen atoms in total. The predicted octanol–water partition coefficient (Wildman–Crippen LogP) is 8.39. The minimum absolute atomic E-state index is 0.202. The molecule has 7 amide bonds. The number of benzene rings is 3. The van der Waals surface area contributed by atoms with E-state index in [0.29, 0.717) is 22.0 Å². The second-order valence-corrected chi connectivity index (χ2v) is 31.2. The van der Waals surface area contributed by atoms with E-state index in [2.05, 4.69) is 42.2 Å². The van der Waals surface area contributed by atoms with E-state index < -0.39 is 157 Å². The summed E-state index contributed by atoms with van der Waals surface area (Å²) in [5.74, 6) is -14.4. The summed E-state index contributed by atoms with van der Waals surface area (Å²) in [7, 11) is 3.47. The normalized spacial score (nSPS) is 26.9. The third-order valence-electron chi connectivity index (χ3n) is 20.2. The Balaban J connectivity index is 1.98. The van der Waals surface area contributed by atoms with Gasteiger partial charge in [-0.2, -0.15) is 0 Å². The maximum atomic E-state index is 16.7. The Morgan fingerprint density at radius 2 is 1.32 bits per heavy atom. The van der Waals surface area contributed by atoms with E-state index in [1.165, 1.54) is 55.4 Å². The summed E-state index contributed by atoms with van der Waals surface area (Å²) in [6.07, 6.45) is -4.10. The number of aromatic nitrogens is 1. The van der Waals surface area contributed by atoms with E-state index in [0.717, 1.165) is 71.5 Å². The van der Waals surface area contributed by atoms with Gasteiger partial charge in [0.15, 0.2) is 6.04 Å². The molecule has 1 saturated heterocycles. The second kappa shape index (κ2) is 28.8. The lowest BCUT2D eigenvalue weighted by Crippen LogP contribution is -2.74. The third kappa shape index (κ3) is 15.5. The first kappa shape index (κ1) is 70.2. The van der Waals surface area contributed by atoms with Gasteiger partial charge in [-0.15, -0.1) is 0 Å². The summed E-state index contributed by atoms with van der Waals surface area (Å²) in [4.78, 5) is 115. The van der Waals surface area contributed by atoms with Crippen molar-refractivity contribution in [2.45, 2.75) is 245 Å². The first-order chi connectivity index (χ1) is 43.7. The van der Waals surface area contributed by atoms with Gasteiger partial charge in [0.05, 0.1) is 34.4 Å². The lowest BCUT2D eigenvalue weighted by molar-refractivity contribution is -0.556. The van der Waals surface area contributed by atoms with Gasteiger partial charge in [-0.05, 0) is 165 Å². The molecule has 0 aliphatic carbocycles. The third-order valence-corrected chi connectivity index (χ3v) is 23.6. The van der Waals surface area contributed by atoms with Gasteiger partial charge in [0.2, 0.25) is 29.5 Å². The zero-order valence-electron chi connectivity index (χ0n) is 62.2. The average Bonchev–Trinajstić information content (AvgIpc) is 0.732. The fraction of sp³-hybridized carbons (Fsp3) is 0.614. The monoisotopic (exact) mass is 1320 g/mol. The number of fused-ring (bicyclic) bond motifs is 1. The molecule has 22 heteroatoms. The van der Waals surface area contributed by atoms with Crippen LogP contribution in [0, 0.1) is 43.5 Å². The number of hydrogen-bond donors (Lipinski definition) is 12. The Morgan fingerprint density at radius 1 is 0.772 bits per heavy atom. The van der Waals surface area contributed by atoms with Crippen LogP contribution in [0.15, 0.2) is 72.9 Å². The van der Waals surface area contributed by atoms with Crippen LogP contribution in [0.25, 0.3) is 10.9 Å². The topological polar surface area (TPSA) is 307 Å². The Hall–Kier alpha value is -6.17. The fourth-order valence-electron chi connectivity index (χ4n) is 11.7. The molecule has 1 aliphatic heterocycles. The summed E-state index contributed by atoms with van der Waals surface area (Å²) in [5, 5.41) is 54.6. The number of H-pyrrole nitrogens is 1. The summed E-state index contributed by atoms with van der Waals surface area (Å²) in [5.41, 5.74) is -0.220. The molecule has 2 heterocycles. The molecule has 12 N–H and O–H groups in total. The number of aliphatic hydroxyl groups excluding tert-OH is 2. The van der Waals surface area contributed by atoms with Crippen LogP contribution in [0.4, 0.5) is 0 Å². The van der Waals surface area contributed by atoms with Gasteiger partial charge in [0.1, 0.15) is 28.2 Å². The summed E-state index contributed by atoms with van der Waals surface area (Å²) in [6, 6.07) is 13.0. The number of amides is 7. The number of carbonyl (C=O) groups excluding carboxylic acids is 7. The highest BCUT2D eigenvalue weighted by Gasteiger charge is 2.58. The number of hydrogen-bond acceptors (Lipinski definition) is 14. The summed E-state index contributed by atoms with van der Waals surface area (Å²) in [6.45, 7) is 33.0. The molecule has 0 spiro atoms. The van der Waals surface area contributed by atoms with Crippen molar-refractivity contribution in [2.75, 3.05) is 12.8 Å². The molecule has 0 bridgehead atoms. The molecule has 4 aromatic rings. The van der Waals surface area contributed by atoms with Crippen molar-refractivity contribution in [3.8, 4) is 0 Å². The molecule has 508 valence electrons. The quantitative estimate of drug-likeness (QED) is 0.0329. The van der Waals surface area contributed by atoms with Crippen molar-refractivity contribution < 1.29 is 59.1 Å². The van der Waals surface area contributed by atoms with Gasteiger partial charge in [-0.25, -0.2) is 4.79 Å². The van der Waals surface area contributed by atoms with E-state index in [1.807, 2.05) is 76.2 Å². The maximum absolute atomic E-state index is 16.7. The predicted molar refractivity (Wildman–Crippen MR) is 366 cm³/mol. The average molecular weight is 1320 g/mol. The van der Waals surface area contributed by atoms with Gasteiger partial charge >= 0.3 is 5.91 Å². The van der Waals surface area contributed by atoms with Crippen LogP contribution in [0.5, 0.6) is 0 Å². The number of aromatic amines is 1. The Labute approximate surface area is 559 Å². The molecular weight excluding hydrogens is 1200 g/mol. The molecule has 3 aromatic carbocycles.